The van der Waals surface area contributed by atoms with Gasteiger partial charge in [-0.25, -0.2) is 4.98 Å². The minimum atomic E-state index is -0.125. The summed E-state index contributed by atoms with van der Waals surface area (Å²) in [5.41, 5.74) is 6.54. The maximum absolute atomic E-state index is 11.7. The highest BCUT2D eigenvalue weighted by Crippen LogP contribution is 2.31. The normalized spacial score (nSPS) is 11.2. The molecule has 1 aromatic heterocycles. The fraction of sp³-hybridized carbons (Fsp3) is 0.333. The van der Waals surface area contributed by atoms with Gasteiger partial charge in [0.1, 0.15) is 11.6 Å². The maximum Gasteiger partial charge on any atom is 0.306 e. The molecule has 0 fully saturated rings. The van der Waals surface area contributed by atoms with Gasteiger partial charge < -0.3 is 9.47 Å². The third kappa shape index (κ3) is 6.30. The largest absolute Gasteiger partial charge is 0.494 e. The third-order valence-electron chi connectivity index (χ3n) is 5.78. The molecule has 0 spiro atoms. The first-order valence-electron chi connectivity index (χ1n) is 12.4. The second-order valence-corrected chi connectivity index (χ2v) is 9.33. The number of hydrogen-bond donors (Lipinski definition) is 0. The summed E-state index contributed by atoms with van der Waals surface area (Å²) in [7, 11) is 0. The topological polar surface area (TPSA) is 53.4 Å². The van der Waals surface area contributed by atoms with E-state index in [1.165, 1.54) is 11.1 Å². The Hall–Kier alpha value is -3.60. The van der Waals surface area contributed by atoms with Crippen molar-refractivity contribution >= 4 is 17.0 Å². The van der Waals surface area contributed by atoms with Crippen LogP contribution in [0.5, 0.6) is 5.75 Å². The van der Waals surface area contributed by atoms with Crippen LogP contribution in [-0.4, -0.2) is 28.2 Å². The number of hydrogen-bond acceptors (Lipinski definition) is 4. The van der Waals surface area contributed by atoms with Gasteiger partial charge in [0, 0.05) is 23.7 Å². The zero-order chi connectivity index (χ0) is 24.8. The molecule has 35 heavy (non-hydrogen) atoms. The van der Waals surface area contributed by atoms with Crippen LogP contribution in [0.25, 0.3) is 28.1 Å². The lowest BCUT2D eigenvalue weighted by molar-refractivity contribution is -0.147. The standard InChI is InChI=1S/C30H34N2O3/c1-21(2)35-29(33)13-9-6-10-16-34-26-14-15-27-28(20-26)32(25-18-22(3)17-23(4)19-25)30(31-27)24-11-7-5-8-12-24/h5,7-8,11-12,14-15,17-21H,6,9-10,13,16H2,1-4H3. The number of nitrogens with zero attached hydrogens (tertiary/aromatic N) is 2. The lowest BCUT2D eigenvalue weighted by atomic mass is 10.1. The second-order valence-electron chi connectivity index (χ2n) is 9.33. The number of ether oxygens (including phenoxy) is 2. The van der Waals surface area contributed by atoms with Crippen molar-refractivity contribution in [3.63, 3.8) is 0 Å². The molecule has 0 amide bonds. The van der Waals surface area contributed by atoms with Crippen LogP contribution in [-0.2, 0) is 9.53 Å². The first-order valence-corrected chi connectivity index (χ1v) is 12.4. The molecule has 0 N–H and O–H groups in total. The molecule has 3 aromatic carbocycles. The molecule has 4 rings (SSSR count). The molecule has 0 aliphatic carbocycles. The summed E-state index contributed by atoms with van der Waals surface area (Å²) in [5.74, 6) is 1.61. The fourth-order valence-corrected chi connectivity index (χ4v) is 4.33. The molecule has 0 bridgehead atoms. The quantitative estimate of drug-likeness (QED) is 0.182. The highest BCUT2D eigenvalue weighted by atomic mass is 16.5. The zero-order valence-electron chi connectivity index (χ0n) is 21.1. The van der Waals surface area contributed by atoms with Crippen molar-refractivity contribution in [1.82, 2.24) is 9.55 Å². The average Bonchev–Trinajstić information content (AvgIpc) is 3.19. The van der Waals surface area contributed by atoms with Crippen LogP contribution in [0.1, 0.15) is 50.7 Å². The molecular weight excluding hydrogens is 436 g/mol. The van der Waals surface area contributed by atoms with Crippen molar-refractivity contribution in [3.8, 4) is 22.8 Å². The van der Waals surface area contributed by atoms with Crippen LogP contribution >= 0.6 is 0 Å². The van der Waals surface area contributed by atoms with Gasteiger partial charge in [0.05, 0.1) is 23.7 Å². The van der Waals surface area contributed by atoms with Crippen LogP contribution in [0.4, 0.5) is 0 Å². The summed E-state index contributed by atoms with van der Waals surface area (Å²) in [6, 6.07) is 22.9. The number of aryl methyl sites for hydroxylation is 2. The monoisotopic (exact) mass is 470 g/mol. The highest BCUT2D eigenvalue weighted by Gasteiger charge is 2.16. The lowest BCUT2D eigenvalue weighted by Gasteiger charge is -2.12. The van der Waals surface area contributed by atoms with E-state index in [1.54, 1.807) is 0 Å². The molecule has 182 valence electrons. The van der Waals surface area contributed by atoms with Crippen molar-refractivity contribution in [3.05, 3.63) is 77.9 Å². The van der Waals surface area contributed by atoms with Gasteiger partial charge in [0.2, 0.25) is 0 Å². The van der Waals surface area contributed by atoms with E-state index in [0.717, 1.165) is 53.1 Å². The van der Waals surface area contributed by atoms with E-state index in [0.29, 0.717) is 13.0 Å². The van der Waals surface area contributed by atoms with E-state index in [9.17, 15) is 4.79 Å². The van der Waals surface area contributed by atoms with Crippen molar-refractivity contribution in [1.29, 1.82) is 0 Å². The van der Waals surface area contributed by atoms with Crippen LogP contribution in [0.2, 0.25) is 0 Å². The van der Waals surface area contributed by atoms with E-state index < -0.39 is 0 Å². The maximum atomic E-state index is 11.7. The summed E-state index contributed by atoms with van der Waals surface area (Å²) in [5, 5.41) is 0. The smallest absolute Gasteiger partial charge is 0.306 e. The lowest BCUT2D eigenvalue weighted by Crippen LogP contribution is -2.11. The molecule has 1 heterocycles. The van der Waals surface area contributed by atoms with Crippen molar-refractivity contribution in [2.24, 2.45) is 0 Å². The Morgan fingerprint density at radius 2 is 1.66 bits per heavy atom. The van der Waals surface area contributed by atoms with Gasteiger partial charge in [-0.3, -0.25) is 9.36 Å². The summed E-state index contributed by atoms with van der Waals surface area (Å²) < 4.78 is 13.5. The predicted octanol–water partition coefficient (Wildman–Crippen LogP) is 7.20. The molecule has 0 saturated heterocycles. The highest BCUT2D eigenvalue weighted by molar-refractivity contribution is 5.84. The predicted molar refractivity (Wildman–Crippen MR) is 141 cm³/mol. The number of rotatable bonds is 10. The van der Waals surface area contributed by atoms with Gasteiger partial charge in [-0.15, -0.1) is 0 Å². The molecule has 0 saturated carbocycles. The van der Waals surface area contributed by atoms with Crippen molar-refractivity contribution in [2.45, 2.75) is 59.5 Å². The molecule has 5 heteroatoms. The number of carbonyl (C=O) groups is 1. The minimum absolute atomic E-state index is 0.0553. The number of benzene rings is 3. The Labute approximate surface area is 207 Å². The molecule has 4 aromatic rings. The van der Waals surface area contributed by atoms with Gasteiger partial charge >= 0.3 is 5.97 Å². The number of unbranched alkanes of at least 4 members (excludes halogenated alkanes) is 2. The number of aromatic nitrogens is 2. The number of esters is 1. The van der Waals surface area contributed by atoms with Gasteiger partial charge in [-0.1, -0.05) is 36.4 Å². The van der Waals surface area contributed by atoms with E-state index in [4.69, 9.17) is 14.5 Å². The SMILES string of the molecule is Cc1cc(C)cc(-n2c(-c3ccccc3)nc3ccc(OCCCCCC(=O)OC(C)C)cc32)c1. The summed E-state index contributed by atoms with van der Waals surface area (Å²) in [6.45, 7) is 8.59. The molecule has 0 radical (unpaired) electrons. The Balaban J connectivity index is 1.53. The first-order chi connectivity index (χ1) is 16.9. The molecule has 0 aliphatic rings. The molecular formula is C30H34N2O3. The molecule has 5 nitrogen and oxygen atoms in total. The van der Waals surface area contributed by atoms with Gasteiger partial charge in [-0.2, -0.15) is 0 Å². The van der Waals surface area contributed by atoms with Crippen LogP contribution in [0, 0.1) is 13.8 Å². The Bertz CT molecular complexity index is 1270. The third-order valence-corrected chi connectivity index (χ3v) is 5.78. The van der Waals surface area contributed by atoms with Crippen LogP contribution in [0.15, 0.2) is 66.7 Å². The van der Waals surface area contributed by atoms with Crippen molar-refractivity contribution < 1.29 is 14.3 Å². The summed E-state index contributed by atoms with van der Waals surface area (Å²) in [4.78, 5) is 16.6. The fourth-order valence-electron chi connectivity index (χ4n) is 4.33. The number of carbonyl (C=O) groups excluding carboxylic acids is 1. The van der Waals surface area contributed by atoms with E-state index in [-0.39, 0.29) is 12.1 Å². The first kappa shape index (κ1) is 24.5. The van der Waals surface area contributed by atoms with E-state index >= 15 is 0 Å². The zero-order valence-corrected chi connectivity index (χ0v) is 21.1. The van der Waals surface area contributed by atoms with Gasteiger partial charge in [0.25, 0.3) is 0 Å². The number of imidazole rings is 1. The van der Waals surface area contributed by atoms with Gasteiger partial charge in [0.15, 0.2) is 0 Å². The second kappa shape index (κ2) is 11.2. The summed E-state index contributed by atoms with van der Waals surface area (Å²) >= 11 is 0. The minimum Gasteiger partial charge on any atom is -0.494 e. The van der Waals surface area contributed by atoms with E-state index in [1.807, 2.05) is 44.2 Å². The van der Waals surface area contributed by atoms with Gasteiger partial charge in [-0.05, 0) is 82.3 Å². The van der Waals surface area contributed by atoms with E-state index in [2.05, 4.69) is 54.8 Å². The average molecular weight is 471 g/mol. The Kier molecular flexibility index (Phi) is 7.86. The molecule has 0 atom stereocenters. The molecule has 0 aliphatic heterocycles. The Morgan fingerprint density at radius 3 is 2.37 bits per heavy atom. The molecule has 0 unspecified atom stereocenters. The number of fused-ring (bicyclic) bond motifs is 1. The van der Waals surface area contributed by atoms with Crippen LogP contribution in [0.3, 0.4) is 0 Å². The summed E-state index contributed by atoms with van der Waals surface area (Å²) in [6.07, 6.45) is 3.03. The Morgan fingerprint density at radius 1 is 0.914 bits per heavy atom. The van der Waals surface area contributed by atoms with Crippen molar-refractivity contribution in [2.75, 3.05) is 6.61 Å². The van der Waals surface area contributed by atoms with Crippen LogP contribution < -0.4 is 4.74 Å².